The number of hydrogen-bond acceptors (Lipinski definition) is 3. The number of hydrogen-bond donors (Lipinski definition) is 1. The first-order chi connectivity index (χ1) is 9.05. The SMILES string of the molecule is CCN(CCOC)C(C)(CN)Cc1ccc(Br)cc1. The average molecular weight is 329 g/mol. The van der Waals surface area contributed by atoms with Gasteiger partial charge in [-0.3, -0.25) is 4.90 Å². The van der Waals surface area contributed by atoms with Crippen molar-refractivity contribution in [1.82, 2.24) is 4.90 Å². The van der Waals surface area contributed by atoms with Gasteiger partial charge in [-0.05, 0) is 37.6 Å². The molecular weight excluding hydrogens is 304 g/mol. The van der Waals surface area contributed by atoms with Crippen molar-refractivity contribution < 1.29 is 4.74 Å². The highest BCUT2D eigenvalue weighted by molar-refractivity contribution is 9.10. The van der Waals surface area contributed by atoms with E-state index >= 15 is 0 Å². The Balaban J connectivity index is 2.79. The molecule has 1 rings (SSSR count). The van der Waals surface area contributed by atoms with Crippen LogP contribution in [0.3, 0.4) is 0 Å². The van der Waals surface area contributed by atoms with Gasteiger partial charge in [0.15, 0.2) is 0 Å². The second kappa shape index (κ2) is 8.00. The van der Waals surface area contributed by atoms with Gasteiger partial charge in [-0.1, -0.05) is 35.0 Å². The van der Waals surface area contributed by atoms with Crippen LogP contribution >= 0.6 is 15.9 Å². The summed E-state index contributed by atoms with van der Waals surface area (Å²) in [6.07, 6.45) is 0.953. The van der Waals surface area contributed by atoms with E-state index < -0.39 is 0 Å². The Hall–Kier alpha value is -0.420. The van der Waals surface area contributed by atoms with Gasteiger partial charge in [-0.2, -0.15) is 0 Å². The van der Waals surface area contributed by atoms with Crippen LogP contribution in [0.2, 0.25) is 0 Å². The molecule has 1 atom stereocenters. The van der Waals surface area contributed by atoms with Crippen molar-refractivity contribution in [1.29, 1.82) is 0 Å². The first kappa shape index (κ1) is 16.6. The van der Waals surface area contributed by atoms with Gasteiger partial charge in [-0.25, -0.2) is 0 Å². The molecule has 0 aliphatic carbocycles. The molecule has 108 valence electrons. The molecular formula is C15H25BrN2O. The summed E-state index contributed by atoms with van der Waals surface area (Å²) in [5.41, 5.74) is 7.33. The second-order valence-electron chi connectivity index (χ2n) is 5.08. The minimum atomic E-state index is -0.0267. The average Bonchev–Trinajstić information content (AvgIpc) is 2.42. The molecule has 19 heavy (non-hydrogen) atoms. The van der Waals surface area contributed by atoms with E-state index in [1.165, 1.54) is 5.56 Å². The minimum absolute atomic E-state index is 0.0267. The molecule has 0 heterocycles. The van der Waals surface area contributed by atoms with E-state index in [4.69, 9.17) is 10.5 Å². The summed E-state index contributed by atoms with van der Waals surface area (Å²) in [4.78, 5) is 2.40. The van der Waals surface area contributed by atoms with E-state index in [1.807, 2.05) is 0 Å². The minimum Gasteiger partial charge on any atom is -0.383 e. The van der Waals surface area contributed by atoms with Crippen LogP contribution in [0.1, 0.15) is 19.4 Å². The van der Waals surface area contributed by atoms with Gasteiger partial charge in [0.2, 0.25) is 0 Å². The van der Waals surface area contributed by atoms with E-state index in [-0.39, 0.29) is 5.54 Å². The predicted octanol–water partition coefficient (Wildman–Crippen LogP) is 2.68. The van der Waals surface area contributed by atoms with Crippen molar-refractivity contribution in [3.8, 4) is 0 Å². The molecule has 2 N–H and O–H groups in total. The Morgan fingerprint density at radius 1 is 1.32 bits per heavy atom. The summed E-state index contributed by atoms with van der Waals surface area (Å²) < 4.78 is 6.30. The lowest BCUT2D eigenvalue weighted by Gasteiger charge is -2.40. The highest BCUT2D eigenvalue weighted by Gasteiger charge is 2.29. The van der Waals surface area contributed by atoms with Crippen LogP contribution in [0.25, 0.3) is 0 Å². The predicted molar refractivity (Wildman–Crippen MR) is 84.4 cm³/mol. The maximum Gasteiger partial charge on any atom is 0.0589 e. The number of benzene rings is 1. The topological polar surface area (TPSA) is 38.5 Å². The molecule has 1 aromatic carbocycles. The van der Waals surface area contributed by atoms with Crippen molar-refractivity contribution in [2.75, 3.05) is 33.4 Å². The fourth-order valence-corrected chi connectivity index (χ4v) is 2.63. The highest BCUT2D eigenvalue weighted by atomic mass is 79.9. The maximum absolute atomic E-state index is 6.04. The van der Waals surface area contributed by atoms with Gasteiger partial charge >= 0.3 is 0 Å². The molecule has 0 spiro atoms. The van der Waals surface area contributed by atoms with Gasteiger partial charge in [0.1, 0.15) is 0 Å². The molecule has 0 aliphatic rings. The molecule has 0 saturated heterocycles. The van der Waals surface area contributed by atoms with Gasteiger partial charge in [0.25, 0.3) is 0 Å². The summed E-state index contributed by atoms with van der Waals surface area (Å²) in [5, 5.41) is 0. The summed E-state index contributed by atoms with van der Waals surface area (Å²) in [6.45, 7) is 7.68. The van der Waals surface area contributed by atoms with Crippen LogP contribution in [0.4, 0.5) is 0 Å². The quantitative estimate of drug-likeness (QED) is 0.797. The third-order valence-corrected chi connectivity index (χ3v) is 4.18. The van der Waals surface area contributed by atoms with E-state index in [0.29, 0.717) is 6.54 Å². The van der Waals surface area contributed by atoms with Crippen LogP contribution in [-0.2, 0) is 11.2 Å². The number of nitrogens with two attached hydrogens (primary N) is 1. The van der Waals surface area contributed by atoms with Gasteiger partial charge in [-0.15, -0.1) is 0 Å². The molecule has 1 unspecified atom stereocenters. The number of halogens is 1. The summed E-state index contributed by atoms with van der Waals surface area (Å²) in [6, 6.07) is 8.47. The molecule has 0 aromatic heterocycles. The monoisotopic (exact) mass is 328 g/mol. The Bertz CT molecular complexity index is 369. The lowest BCUT2D eigenvalue weighted by Crippen LogP contribution is -2.54. The fraction of sp³-hybridized carbons (Fsp3) is 0.600. The molecule has 0 bridgehead atoms. The first-order valence-electron chi connectivity index (χ1n) is 6.74. The number of nitrogens with zero attached hydrogens (tertiary/aromatic N) is 1. The number of ether oxygens (including phenoxy) is 1. The third kappa shape index (κ3) is 4.88. The van der Waals surface area contributed by atoms with Crippen molar-refractivity contribution in [3.05, 3.63) is 34.3 Å². The normalized spacial score (nSPS) is 14.6. The largest absolute Gasteiger partial charge is 0.383 e. The Morgan fingerprint density at radius 2 is 1.95 bits per heavy atom. The summed E-state index contributed by atoms with van der Waals surface area (Å²) in [5.74, 6) is 0. The molecule has 0 aliphatic heterocycles. The molecule has 0 radical (unpaired) electrons. The van der Waals surface area contributed by atoms with E-state index in [9.17, 15) is 0 Å². The van der Waals surface area contributed by atoms with Crippen LogP contribution in [0.15, 0.2) is 28.7 Å². The first-order valence-corrected chi connectivity index (χ1v) is 7.53. The molecule has 1 aromatic rings. The Labute approximate surface area is 125 Å². The van der Waals surface area contributed by atoms with Gasteiger partial charge < -0.3 is 10.5 Å². The molecule has 4 heteroatoms. The summed E-state index contributed by atoms with van der Waals surface area (Å²) >= 11 is 3.47. The molecule has 0 amide bonds. The lowest BCUT2D eigenvalue weighted by atomic mass is 9.90. The van der Waals surface area contributed by atoms with Gasteiger partial charge in [0.05, 0.1) is 6.61 Å². The van der Waals surface area contributed by atoms with Crippen molar-refractivity contribution in [3.63, 3.8) is 0 Å². The van der Waals surface area contributed by atoms with Gasteiger partial charge in [0, 0.05) is 30.2 Å². The smallest absolute Gasteiger partial charge is 0.0589 e. The zero-order valence-electron chi connectivity index (χ0n) is 12.2. The third-order valence-electron chi connectivity index (χ3n) is 3.65. The molecule has 3 nitrogen and oxygen atoms in total. The van der Waals surface area contributed by atoms with E-state index in [2.05, 4.69) is 58.9 Å². The number of methoxy groups -OCH3 is 1. The van der Waals surface area contributed by atoms with Crippen LogP contribution < -0.4 is 5.73 Å². The van der Waals surface area contributed by atoms with Crippen molar-refractivity contribution in [2.24, 2.45) is 5.73 Å². The summed E-state index contributed by atoms with van der Waals surface area (Å²) in [7, 11) is 1.74. The van der Waals surface area contributed by atoms with Crippen LogP contribution in [0, 0.1) is 0 Å². The van der Waals surface area contributed by atoms with Crippen molar-refractivity contribution >= 4 is 15.9 Å². The zero-order valence-corrected chi connectivity index (χ0v) is 13.7. The Kier molecular flexibility index (Phi) is 7.00. The lowest BCUT2D eigenvalue weighted by molar-refractivity contribution is 0.0754. The molecule has 0 saturated carbocycles. The van der Waals surface area contributed by atoms with E-state index in [0.717, 1.165) is 30.6 Å². The fourth-order valence-electron chi connectivity index (χ4n) is 2.37. The Morgan fingerprint density at radius 3 is 2.42 bits per heavy atom. The number of likely N-dealkylation sites (N-methyl/N-ethyl adjacent to an activating group) is 1. The van der Waals surface area contributed by atoms with Crippen LogP contribution in [-0.4, -0.2) is 43.8 Å². The maximum atomic E-state index is 6.04. The second-order valence-corrected chi connectivity index (χ2v) is 5.99. The van der Waals surface area contributed by atoms with Crippen LogP contribution in [0.5, 0.6) is 0 Å². The van der Waals surface area contributed by atoms with E-state index in [1.54, 1.807) is 7.11 Å². The van der Waals surface area contributed by atoms with Crippen molar-refractivity contribution in [2.45, 2.75) is 25.8 Å². The zero-order chi connectivity index (χ0) is 14.3. The number of rotatable bonds is 8. The standard InChI is InChI=1S/C15H25BrN2O/c1-4-18(9-10-19-3)15(2,12-17)11-13-5-7-14(16)8-6-13/h5-8H,4,9-12,17H2,1-3H3. The molecule has 0 fully saturated rings. The highest BCUT2D eigenvalue weighted by Crippen LogP contribution is 2.21.